The summed E-state index contributed by atoms with van der Waals surface area (Å²) in [6, 6.07) is 8.67. The number of hydrogen-bond acceptors (Lipinski definition) is 3. The van der Waals surface area contributed by atoms with Crippen LogP contribution in [0.5, 0.6) is 0 Å². The quantitative estimate of drug-likeness (QED) is 0.866. The van der Waals surface area contributed by atoms with Gasteiger partial charge in [-0.2, -0.15) is 0 Å². The number of anilines is 1. The Morgan fingerprint density at radius 2 is 2.20 bits per heavy atom. The molecule has 110 valence electrons. The highest BCUT2D eigenvalue weighted by Crippen LogP contribution is 2.31. The van der Waals surface area contributed by atoms with Gasteiger partial charge in [-0.25, -0.2) is 0 Å². The van der Waals surface area contributed by atoms with Crippen molar-refractivity contribution in [1.82, 2.24) is 5.32 Å². The molecule has 0 bridgehead atoms. The first-order valence-corrected chi connectivity index (χ1v) is 7.31. The van der Waals surface area contributed by atoms with E-state index in [9.17, 15) is 9.90 Å². The molecule has 1 heterocycles. The third kappa shape index (κ3) is 2.80. The van der Waals surface area contributed by atoms with Gasteiger partial charge in [0.25, 0.3) is 0 Å². The van der Waals surface area contributed by atoms with E-state index in [0.29, 0.717) is 19.1 Å². The number of rotatable bonds is 5. The Bertz CT molecular complexity index is 489. The molecule has 1 aromatic carbocycles. The summed E-state index contributed by atoms with van der Waals surface area (Å²) in [4.78, 5) is 13.8. The number of aryl methyl sites for hydroxylation is 1. The van der Waals surface area contributed by atoms with Gasteiger partial charge in [0.05, 0.1) is 0 Å². The van der Waals surface area contributed by atoms with E-state index < -0.39 is 11.5 Å². The molecule has 4 heteroatoms. The fourth-order valence-electron chi connectivity index (χ4n) is 2.93. The maximum Gasteiger partial charge on any atom is 0.325 e. The average molecular weight is 276 g/mol. The first-order chi connectivity index (χ1) is 9.48. The zero-order valence-corrected chi connectivity index (χ0v) is 12.5. The Labute approximate surface area is 120 Å². The summed E-state index contributed by atoms with van der Waals surface area (Å²) >= 11 is 0. The lowest BCUT2D eigenvalue weighted by atomic mass is 9.93. The number of nitrogens with zero attached hydrogens (tertiary/aromatic N) is 1. The fraction of sp³-hybridized carbons (Fsp3) is 0.562. The molecule has 0 aliphatic carbocycles. The minimum atomic E-state index is -0.923. The molecule has 2 N–H and O–H groups in total. The molecule has 20 heavy (non-hydrogen) atoms. The molecule has 4 nitrogen and oxygen atoms in total. The predicted octanol–water partition coefficient (Wildman–Crippen LogP) is 2.28. The molecular formula is C16H24N2O2. The first kappa shape index (κ1) is 14.9. The van der Waals surface area contributed by atoms with Crippen molar-refractivity contribution < 1.29 is 9.90 Å². The number of carboxylic acids is 1. The molecule has 1 aromatic rings. The van der Waals surface area contributed by atoms with Crippen LogP contribution in [0.25, 0.3) is 0 Å². The van der Waals surface area contributed by atoms with Crippen LogP contribution in [0.3, 0.4) is 0 Å². The molecule has 0 fully saturated rings. The second-order valence-corrected chi connectivity index (χ2v) is 5.81. The van der Waals surface area contributed by atoms with Gasteiger partial charge in [0.15, 0.2) is 0 Å². The molecule has 0 saturated heterocycles. The van der Waals surface area contributed by atoms with Gasteiger partial charge in [0, 0.05) is 18.3 Å². The molecule has 0 spiro atoms. The molecule has 2 atom stereocenters. The van der Waals surface area contributed by atoms with Crippen molar-refractivity contribution >= 4 is 11.7 Å². The molecule has 0 radical (unpaired) electrons. The topological polar surface area (TPSA) is 52.6 Å². The molecular weight excluding hydrogens is 252 g/mol. The van der Waals surface area contributed by atoms with E-state index in [-0.39, 0.29) is 0 Å². The van der Waals surface area contributed by atoms with Gasteiger partial charge in [-0.15, -0.1) is 0 Å². The lowest BCUT2D eigenvalue weighted by Gasteiger charge is -2.41. The molecule has 0 aromatic heterocycles. The van der Waals surface area contributed by atoms with Gasteiger partial charge < -0.3 is 15.3 Å². The Balaban J connectivity index is 2.29. The molecule has 0 saturated carbocycles. The van der Waals surface area contributed by atoms with E-state index >= 15 is 0 Å². The van der Waals surface area contributed by atoms with Crippen LogP contribution in [-0.2, 0) is 11.2 Å². The smallest absolute Gasteiger partial charge is 0.325 e. The Morgan fingerprint density at radius 3 is 2.85 bits per heavy atom. The van der Waals surface area contributed by atoms with E-state index in [4.69, 9.17) is 0 Å². The summed E-state index contributed by atoms with van der Waals surface area (Å²) in [7, 11) is 0. The van der Waals surface area contributed by atoms with Crippen molar-refractivity contribution in [2.75, 3.05) is 18.0 Å². The Morgan fingerprint density at radius 1 is 1.50 bits per heavy atom. The van der Waals surface area contributed by atoms with Crippen LogP contribution < -0.4 is 10.2 Å². The van der Waals surface area contributed by atoms with Crippen LogP contribution in [0, 0.1) is 0 Å². The summed E-state index contributed by atoms with van der Waals surface area (Å²) in [6.07, 6.45) is 2.14. The lowest BCUT2D eigenvalue weighted by Crippen LogP contribution is -2.59. The number of para-hydroxylation sites is 1. The molecule has 1 aliphatic rings. The van der Waals surface area contributed by atoms with Gasteiger partial charge in [0.2, 0.25) is 0 Å². The van der Waals surface area contributed by atoms with E-state index in [1.807, 2.05) is 19.1 Å². The fourth-order valence-corrected chi connectivity index (χ4v) is 2.93. The second-order valence-electron chi connectivity index (χ2n) is 5.81. The van der Waals surface area contributed by atoms with Crippen LogP contribution in [-0.4, -0.2) is 35.7 Å². The monoisotopic (exact) mass is 276 g/mol. The number of nitrogens with one attached hydrogen (secondary N) is 1. The third-order valence-electron chi connectivity index (χ3n) is 4.19. The number of likely N-dealkylation sites (N-methyl/N-ethyl adjacent to an activating group) is 1. The minimum absolute atomic E-state index is 0.363. The number of benzene rings is 1. The molecule has 2 rings (SSSR count). The standard InChI is InChI=1S/C16H24N2O2/c1-4-17-16(3,15(19)20)11-18-12(2)9-10-13-7-5-6-8-14(13)18/h5-8,12,17H,4,9-11H2,1-3H3,(H,19,20). The van der Waals surface area contributed by atoms with Crippen molar-refractivity contribution in [2.45, 2.75) is 45.2 Å². The van der Waals surface area contributed by atoms with E-state index in [2.05, 4.69) is 29.3 Å². The largest absolute Gasteiger partial charge is 0.480 e. The molecule has 0 amide bonds. The Hall–Kier alpha value is -1.55. The zero-order chi connectivity index (χ0) is 14.8. The van der Waals surface area contributed by atoms with Gasteiger partial charge in [-0.1, -0.05) is 25.1 Å². The highest BCUT2D eigenvalue weighted by molar-refractivity contribution is 5.79. The highest BCUT2D eigenvalue weighted by atomic mass is 16.4. The van der Waals surface area contributed by atoms with Crippen molar-refractivity contribution in [3.63, 3.8) is 0 Å². The van der Waals surface area contributed by atoms with Crippen LogP contribution in [0.4, 0.5) is 5.69 Å². The van der Waals surface area contributed by atoms with Crippen LogP contribution in [0.2, 0.25) is 0 Å². The molecule has 2 unspecified atom stereocenters. The highest BCUT2D eigenvalue weighted by Gasteiger charge is 2.37. The number of carboxylic acid groups (broad SMARTS) is 1. The van der Waals surface area contributed by atoms with Crippen LogP contribution in [0.1, 0.15) is 32.8 Å². The number of hydrogen-bond donors (Lipinski definition) is 2. The summed E-state index contributed by atoms with van der Waals surface area (Å²) in [5.74, 6) is -0.797. The Kier molecular flexibility index (Phi) is 4.33. The summed E-state index contributed by atoms with van der Waals surface area (Å²) in [6.45, 7) is 7.00. The van der Waals surface area contributed by atoms with Crippen LogP contribution in [0.15, 0.2) is 24.3 Å². The van der Waals surface area contributed by atoms with Crippen molar-refractivity contribution in [3.8, 4) is 0 Å². The summed E-state index contributed by atoms with van der Waals surface area (Å²) in [5, 5.41) is 12.7. The second kappa shape index (κ2) is 5.83. The van der Waals surface area contributed by atoms with Crippen LogP contribution >= 0.6 is 0 Å². The predicted molar refractivity (Wildman–Crippen MR) is 81.3 cm³/mol. The van der Waals surface area contributed by atoms with E-state index in [0.717, 1.165) is 12.8 Å². The number of carbonyl (C=O) groups is 1. The van der Waals surface area contributed by atoms with Gasteiger partial charge in [-0.3, -0.25) is 4.79 Å². The summed E-state index contributed by atoms with van der Waals surface area (Å²) in [5.41, 5.74) is 1.57. The SMILES string of the molecule is CCNC(C)(CN1c2ccccc2CCC1C)C(=O)O. The normalized spacial score (nSPS) is 21.1. The number of fused-ring (bicyclic) bond motifs is 1. The van der Waals surface area contributed by atoms with Gasteiger partial charge >= 0.3 is 5.97 Å². The lowest BCUT2D eigenvalue weighted by molar-refractivity contribution is -0.143. The van der Waals surface area contributed by atoms with Gasteiger partial charge in [0.1, 0.15) is 5.54 Å². The first-order valence-electron chi connectivity index (χ1n) is 7.31. The summed E-state index contributed by atoms with van der Waals surface area (Å²) < 4.78 is 0. The van der Waals surface area contributed by atoms with Gasteiger partial charge in [-0.05, 0) is 44.9 Å². The maximum atomic E-state index is 11.6. The van der Waals surface area contributed by atoms with Crippen molar-refractivity contribution in [3.05, 3.63) is 29.8 Å². The van der Waals surface area contributed by atoms with Crippen molar-refractivity contribution in [2.24, 2.45) is 0 Å². The van der Waals surface area contributed by atoms with E-state index in [1.165, 1.54) is 11.3 Å². The minimum Gasteiger partial charge on any atom is -0.480 e. The van der Waals surface area contributed by atoms with Crippen molar-refractivity contribution in [1.29, 1.82) is 0 Å². The zero-order valence-electron chi connectivity index (χ0n) is 12.5. The number of aliphatic carboxylic acids is 1. The average Bonchev–Trinajstić information content (AvgIpc) is 2.42. The third-order valence-corrected chi connectivity index (χ3v) is 4.19. The molecule has 1 aliphatic heterocycles. The maximum absolute atomic E-state index is 11.6. The van der Waals surface area contributed by atoms with E-state index in [1.54, 1.807) is 6.92 Å².